The largest absolute Gasteiger partial charge is 0.534 e. The van der Waals surface area contributed by atoms with Gasteiger partial charge in [-0.05, 0) is 18.6 Å². The Balaban J connectivity index is 2.83. The Bertz CT molecular complexity index is 1100. The highest BCUT2D eigenvalue weighted by atomic mass is 35.5. The van der Waals surface area contributed by atoms with Crippen LogP contribution in [0.5, 0.6) is 5.88 Å². The zero-order valence-electron chi connectivity index (χ0n) is 13.9. The molecule has 7 nitrogen and oxygen atoms in total. The third-order valence-electron chi connectivity index (χ3n) is 3.32. The maximum atomic E-state index is 12.7. The van der Waals surface area contributed by atoms with Gasteiger partial charge in [-0.3, -0.25) is 9.36 Å². The molecule has 0 spiro atoms. The van der Waals surface area contributed by atoms with Crippen LogP contribution < -0.4 is 9.74 Å². The van der Waals surface area contributed by atoms with E-state index in [9.17, 15) is 26.4 Å². The van der Waals surface area contributed by atoms with Crippen LogP contribution >= 0.6 is 23.2 Å². The van der Waals surface area contributed by atoms with E-state index in [4.69, 9.17) is 29.6 Å². The normalized spacial score (nSPS) is 11.9. The molecule has 2 aromatic rings. The Morgan fingerprint density at radius 3 is 2.29 bits per heavy atom. The smallest absolute Gasteiger partial charge is 0.355 e. The first-order valence-corrected chi connectivity index (χ1v) is 9.49. The van der Waals surface area contributed by atoms with Crippen molar-refractivity contribution in [3.8, 4) is 29.6 Å². The molecule has 2 heterocycles. The lowest BCUT2D eigenvalue weighted by Crippen LogP contribution is -2.32. The van der Waals surface area contributed by atoms with Crippen molar-refractivity contribution < 1.29 is 25.8 Å². The summed E-state index contributed by atoms with van der Waals surface area (Å²) in [4.78, 5) is 20.2. The van der Waals surface area contributed by atoms with Crippen LogP contribution in [-0.2, 0) is 23.1 Å². The SMILES string of the molecule is C#CCn1c(-c2cc(Cl)nc(Cl)c2)nc(OS(=O)(=O)C(F)(F)F)c(CC)c1=O. The summed E-state index contributed by atoms with van der Waals surface area (Å²) in [5.74, 6) is 0.900. The first kappa shape index (κ1) is 22.0. The number of halogens is 5. The lowest BCUT2D eigenvalue weighted by molar-refractivity contribution is -0.0501. The fourth-order valence-electron chi connectivity index (χ4n) is 2.15. The van der Waals surface area contributed by atoms with Gasteiger partial charge in [0.05, 0.1) is 12.1 Å². The lowest BCUT2D eigenvalue weighted by atomic mass is 10.2. The Morgan fingerprint density at radius 2 is 1.82 bits per heavy atom. The molecular formula is C15H10Cl2F3N3O4S. The fourth-order valence-corrected chi connectivity index (χ4v) is 3.05. The van der Waals surface area contributed by atoms with Crippen molar-refractivity contribution >= 4 is 33.3 Å². The molecule has 28 heavy (non-hydrogen) atoms. The van der Waals surface area contributed by atoms with E-state index in [1.165, 1.54) is 19.1 Å². The van der Waals surface area contributed by atoms with Crippen molar-refractivity contribution in [1.82, 2.24) is 14.5 Å². The second kappa shape index (κ2) is 7.98. The van der Waals surface area contributed by atoms with E-state index < -0.39 is 32.6 Å². The molecule has 0 aliphatic heterocycles. The minimum Gasteiger partial charge on any atom is -0.355 e. The number of nitrogens with zero attached hydrogens (tertiary/aromatic N) is 3. The van der Waals surface area contributed by atoms with Crippen LogP contribution in [0.2, 0.25) is 10.3 Å². The zero-order chi connectivity index (χ0) is 21.3. The molecule has 0 fully saturated rings. The van der Waals surface area contributed by atoms with E-state index in [1.807, 2.05) is 0 Å². The van der Waals surface area contributed by atoms with Gasteiger partial charge in [0.15, 0.2) is 0 Å². The third-order valence-corrected chi connectivity index (χ3v) is 4.65. The number of terminal acetylenes is 1. The van der Waals surface area contributed by atoms with Gasteiger partial charge in [0.1, 0.15) is 16.1 Å². The highest BCUT2D eigenvalue weighted by Gasteiger charge is 2.49. The van der Waals surface area contributed by atoms with Crippen LogP contribution in [-0.4, -0.2) is 28.5 Å². The molecule has 0 N–H and O–H groups in total. The molecular weight excluding hydrogens is 446 g/mol. The first-order chi connectivity index (χ1) is 12.9. The predicted molar refractivity (Wildman–Crippen MR) is 95.6 cm³/mol. The number of hydrogen-bond donors (Lipinski definition) is 0. The number of aromatic nitrogens is 3. The van der Waals surface area contributed by atoms with Crippen LogP contribution in [0.3, 0.4) is 0 Å². The monoisotopic (exact) mass is 455 g/mol. The number of hydrogen-bond acceptors (Lipinski definition) is 6. The van der Waals surface area contributed by atoms with Gasteiger partial charge >= 0.3 is 15.6 Å². The van der Waals surface area contributed by atoms with Crippen molar-refractivity contribution in [2.75, 3.05) is 0 Å². The topological polar surface area (TPSA) is 91.2 Å². The van der Waals surface area contributed by atoms with E-state index in [-0.39, 0.29) is 34.7 Å². The minimum atomic E-state index is -6.06. The minimum absolute atomic E-state index is 0.0641. The van der Waals surface area contributed by atoms with E-state index in [0.29, 0.717) is 0 Å². The molecule has 0 atom stereocenters. The molecule has 0 aliphatic carbocycles. The van der Waals surface area contributed by atoms with Crippen molar-refractivity contribution in [1.29, 1.82) is 0 Å². The second-order valence-corrected chi connectivity index (χ2v) is 7.46. The maximum absolute atomic E-state index is 12.7. The summed E-state index contributed by atoms with van der Waals surface area (Å²) in [7, 11) is -6.06. The van der Waals surface area contributed by atoms with Gasteiger partial charge in [-0.25, -0.2) is 4.98 Å². The van der Waals surface area contributed by atoms with Crippen LogP contribution in [0.15, 0.2) is 16.9 Å². The average molecular weight is 456 g/mol. The van der Waals surface area contributed by atoms with Gasteiger partial charge in [0.2, 0.25) is 5.88 Å². The van der Waals surface area contributed by atoms with E-state index in [2.05, 4.69) is 20.1 Å². The molecule has 2 rings (SSSR count). The quantitative estimate of drug-likeness (QED) is 0.297. The highest BCUT2D eigenvalue weighted by Crippen LogP contribution is 2.30. The van der Waals surface area contributed by atoms with Crippen LogP contribution in [0.4, 0.5) is 13.2 Å². The fraction of sp³-hybridized carbons (Fsp3) is 0.267. The van der Waals surface area contributed by atoms with E-state index >= 15 is 0 Å². The molecule has 13 heteroatoms. The van der Waals surface area contributed by atoms with Gasteiger partial charge in [0.25, 0.3) is 5.56 Å². The Kier molecular flexibility index (Phi) is 6.27. The summed E-state index contributed by atoms with van der Waals surface area (Å²) >= 11 is 11.6. The highest BCUT2D eigenvalue weighted by molar-refractivity contribution is 7.87. The summed E-state index contributed by atoms with van der Waals surface area (Å²) < 4.78 is 65.9. The Hall–Kier alpha value is -2.29. The maximum Gasteiger partial charge on any atom is 0.534 e. The standard InChI is InChI=1S/C15H10Cl2F3N3O4S/c1-3-5-23-12(8-6-10(16)21-11(17)7-8)22-13(9(4-2)14(23)24)27-28(25,26)15(18,19)20/h1,6-7H,4-5H2,2H3. The lowest BCUT2D eigenvalue weighted by Gasteiger charge is -2.16. The Morgan fingerprint density at radius 1 is 1.25 bits per heavy atom. The molecule has 0 aliphatic rings. The van der Waals surface area contributed by atoms with Crippen LogP contribution in [0.1, 0.15) is 12.5 Å². The average Bonchev–Trinajstić information content (AvgIpc) is 2.55. The van der Waals surface area contributed by atoms with Crippen LogP contribution in [0.25, 0.3) is 11.4 Å². The molecule has 0 radical (unpaired) electrons. The molecule has 0 unspecified atom stereocenters. The first-order valence-electron chi connectivity index (χ1n) is 7.32. The van der Waals surface area contributed by atoms with Gasteiger partial charge in [-0.15, -0.1) is 6.42 Å². The molecule has 150 valence electrons. The van der Waals surface area contributed by atoms with Crippen molar-refractivity contribution in [3.63, 3.8) is 0 Å². The summed E-state index contributed by atoms with van der Waals surface area (Å²) in [5, 5.41) is -0.206. The van der Waals surface area contributed by atoms with Crippen molar-refractivity contribution in [3.05, 3.63) is 38.4 Å². The number of rotatable bonds is 5. The second-order valence-electron chi connectivity index (χ2n) is 5.15. The van der Waals surface area contributed by atoms with E-state index in [0.717, 1.165) is 4.57 Å². The number of pyridine rings is 1. The molecule has 0 saturated heterocycles. The predicted octanol–water partition coefficient (Wildman–Crippen LogP) is 3.04. The van der Waals surface area contributed by atoms with Crippen LogP contribution in [0, 0.1) is 12.3 Å². The van der Waals surface area contributed by atoms with Gasteiger partial charge < -0.3 is 4.18 Å². The molecule has 0 aromatic carbocycles. The molecule has 0 bridgehead atoms. The van der Waals surface area contributed by atoms with Gasteiger partial charge in [0, 0.05) is 5.56 Å². The molecule has 2 aromatic heterocycles. The molecule has 0 amide bonds. The Labute approximate surface area is 167 Å². The number of alkyl halides is 3. The summed E-state index contributed by atoms with van der Waals surface area (Å²) in [5.41, 5.74) is -6.93. The summed E-state index contributed by atoms with van der Waals surface area (Å²) in [6, 6.07) is 2.44. The van der Waals surface area contributed by atoms with E-state index in [1.54, 1.807) is 0 Å². The summed E-state index contributed by atoms with van der Waals surface area (Å²) in [6.45, 7) is 1.10. The van der Waals surface area contributed by atoms with Crippen molar-refractivity contribution in [2.45, 2.75) is 25.4 Å². The van der Waals surface area contributed by atoms with Gasteiger partial charge in [-0.2, -0.15) is 26.6 Å². The third kappa shape index (κ3) is 4.40. The van der Waals surface area contributed by atoms with Gasteiger partial charge in [-0.1, -0.05) is 36.0 Å². The molecule has 0 saturated carbocycles. The zero-order valence-corrected chi connectivity index (χ0v) is 16.2. The van der Waals surface area contributed by atoms with Crippen molar-refractivity contribution in [2.24, 2.45) is 0 Å². The summed E-state index contributed by atoms with van der Waals surface area (Å²) in [6.07, 6.45) is 5.08.